The molecule has 24 heavy (non-hydrogen) atoms. The molecule has 0 unspecified atom stereocenters. The van der Waals surface area contributed by atoms with Crippen LogP contribution in [-0.4, -0.2) is 33.4 Å². The molecule has 6 nitrogen and oxygen atoms in total. The fraction of sp³-hybridized carbons (Fsp3) is 0.389. The Bertz CT molecular complexity index is 738. The van der Waals surface area contributed by atoms with E-state index in [9.17, 15) is 9.59 Å². The highest BCUT2D eigenvalue weighted by molar-refractivity contribution is 6.03. The monoisotopic (exact) mass is 326 g/mol. The number of para-hydroxylation sites is 1. The lowest BCUT2D eigenvalue weighted by molar-refractivity contribution is -0.118. The zero-order valence-electron chi connectivity index (χ0n) is 14.1. The molecule has 3 rings (SSSR count). The minimum Gasteiger partial charge on any atom is -0.339 e. The van der Waals surface area contributed by atoms with E-state index >= 15 is 0 Å². The minimum absolute atomic E-state index is 0.0402. The summed E-state index contributed by atoms with van der Waals surface area (Å²) in [5, 5.41) is 2.82. The van der Waals surface area contributed by atoms with Gasteiger partial charge in [0.05, 0.1) is 6.33 Å². The maximum Gasteiger partial charge on any atom is 0.272 e. The number of carbonyl (C=O) groups excluding carboxylic acids is 2. The number of nitrogens with one attached hydrogen (secondary N) is 1. The van der Waals surface area contributed by atoms with E-state index in [0.717, 1.165) is 5.69 Å². The van der Waals surface area contributed by atoms with Crippen molar-refractivity contribution in [1.29, 1.82) is 0 Å². The topological polar surface area (TPSA) is 67.2 Å². The zero-order valence-corrected chi connectivity index (χ0v) is 14.1. The van der Waals surface area contributed by atoms with Crippen molar-refractivity contribution in [3.8, 4) is 0 Å². The Balaban J connectivity index is 1.71. The van der Waals surface area contributed by atoms with Gasteiger partial charge in [-0.1, -0.05) is 18.2 Å². The van der Waals surface area contributed by atoms with Gasteiger partial charge in [0.25, 0.3) is 5.91 Å². The molecule has 2 amide bonds. The molecule has 1 aromatic carbocycles. The molecular formula is C18H22N4O2. The van der Waals surface area contributed by atoms with E-state index in [1.165, 1.54) is 0 Å². The van der Waals surface area contributed by atoms with Crippen molar-refractivity contribution < 1.29 is 9.59 Å². The number of rotatable bonds is 4. The predicted octanol–water partition coefficient (Wildman–Crippen LogP) is 2.39. The fourth-order valence-electron chi connectivity index (χ4n) is 2.99. The molecule has 1 aliphatic rings. The number of hydrogen-bond acceptors (Lipinski definition) is 3. The normalized spacial score (nSPS) is 20.7. The van der Waals surface area contributed by atoms with Crippen LogP contribution >= 0.6 is 0 Å². The molecule has 1 aromatic heterocycles. The van der Waals surface area contributed by atoms with Gasteiger partial charge in [-0.05, 0) is 39.3 Å². The van der Waals surface area contributed by atoms with E-state index in [1.54, 1.807) is 17.4 Å². The summed E-state index contributed by atoms with van der Waals surface area (Å²) >= 11 is 0. The Morgan fingerprint density at radius 3 is 2.62 bits per heavy atom. The first-order valence-corrected chi connectivity index (χ1v) is 8.20. The predicted molar refractivity (Wildman–Crippen MR) is 91.9 cm³/mol. The van der Waals surface area contributed by atoms with Crippen molar-refractivity contribution in [2.24, 2.45) is 0 Å². The summed E-state index contributed by atoms with van der Waals surface area (Å²) in [6.45, 7) is 6.02. The SMILES string of the molecule is CC(C)n1cnc(C(=O)N[C@H]2C[C@H](C)N(c3ccccc3)C2=O)c1. The summed E-state index contributed by atoms with van der Waals surface area (Å²) in [6.07, 6.45) is 3.93. The first-order valence-electron chi connectivity index (χ1n) is 8.20. The van der Waals surface area contributed by atoms with E-state index in [0.29, 0.717) is 12.1 Å². The van der Waals surface area contributed by atoms with Crippen molar-refractivity contribution in [3.63, 3.8) is 0 Å². The van der Waals surface area contributed by atoms with Crippen LogP contribution in [0.4, 0.5) is 5.69 Å². The van der Waals surface area contributed by atoms with Crippen LogP contribution in [0.2, 0.25) is 0 Å². The minimum atomic E-state index is -0.517. The van der Waals surface area contributed by atoms with Crippen molar-refractivity contribution in [1.82, 2.24) is 14.9 Å². The van der Waals surface area contributed by atoms with Crippen LogP contribution in [0.5, 0.6) is 0 Å². The average Bonchev–Trinajstić information content (AvgIpc) is 3.14. The Kier molecular flexibility index (Phi) is 4.38. The van der Waals surface area contributed by atoms with Crippen molar-refractivity contribution in [2.75, 3.05) is 4.90 Å². The standard InChI is InChI=1S/C18H22N4O2/c1-12(2)21-10-16(19-11-21)17(23)20-15-9-13(3)22(18(15)24)14-7-5-4-6-8-14/h4-8,10-13,15H,9H2,1-3H3,(H,20,23)/t13-,15-/m0/s1. The van der Waals surface area contributed by atoms with Crippen molar-refractivity contribution >= 4 is 17.5 Å². The van der Waals surface area contributed by atoms with Gasteiger partial charge in [0.2, 0.25) is 5.91 Å². The van der Waals surface area contributed by atoms with E-state index in [1.807, 2.05) is 55.7 Å². The number of aromatic nitrogens is 2. The molecule has 1 saturated heterocycles. The van der Waals surface area contributed by atoms with Gasteiger partial charge in [-0.3, -0.25) is 9.59 Å². The zero-order chi connectivity index (χ0) is 17.3. The lowest BCUT2D eigenvalue weighted by atomic mass is 10.2. The third-order valence-electron chi connectivity index (χ3n) is 4.32. The number of imidazole rings is 1. The van der Waals surface area contributed by atoms with Crippen LogP contribution in [0.15, 0.2) is 42.9 Å². The molecular weight excluding hydrogens is 304 g/mol. The quantitative estimate of drug-likeness (QED) is 0.938. The van der Waals surface area contributed by atoms with Crippen LogP contribution in [0.3, 0.4) is 0 Å². The molecule has 1 aliphatic heterocycles. The molecule has 0 aliphatic carbocycles. The van der Waals surface area contributed by atoms with E-state index in [-0.39, 0.29) is 23.9 Å². The highest BCUT2D eigenvalue weighted by Gasteiger charge is 2.39. The van der Waals surface area contributed by atoms with Crippen LogP contribution in [0.1, 0.15) is 43.7 Å². The number of carbonyl (C=O) groups is 2. The van der Waals surface area contributed by atoms with Gasteiger partial charge in [0, 0.05) is 24.0 Å². The van der Waals surface area contributed by atoms with Crippen LogP contribution in [0.25, 0.3) is 0 Å². The molecule has 2 heterocycles. The molecule has 6 heteroatoms. The second kappa shape index (κ2) is 6.47. The number of hydrogen-bond donors (Lipinski definition) is 1. The van der Waals surface area contributed by atoms with Gasteiger partial charge in [-0.15, -0.1) is 0 Å². The number of amides is 2. The Labute approximate surface area is 141 Å². The van der Waals surface area contributed by atoms with Gasteiger partial charge < -0.3 is 14.8 Å². The van der Waals surface area contributed by atoms with Crippen molar-refractivity contribution in [3.05, 3.63) is 48.5 Å². The summed E-state index contributed by atoms with van der Waals surface area (Å²) in [5.74, 6) is -0.389. The Morgan fingerprint density at radius 2 is 2.00 bits per heavy atom. The highest BCUT2D eigenvalue weighted by atomic mass is 16.2. The third-order valence-corrected chi connectivity index (χ3v) is 4.32. The first kappa shape index (κ1) is 16.2. The molecule has 2 atom stereocenters. The van der Waals surface area contributed by atoms with Gasteiger partial charge in [-0.25, -0.2) is 4.98 Å². The molecule has 1 fully saturated rings. The fourth-order valence-corrected chi connectivity index (χ4v) is 2.99. The number of benzene rings is 1. The second-order valence-corrected chi connectivity index (χ2v) is 6.45. The molecule has 2 aromatic rings. The lowest BCUT2D eigenvalue weighted by Gasteiger charge is -2.21. The summed E-state index contributed by atoms with van der Waals surface area (Å²) in [6, 6.07) is 9.29. The summed E-state index contributed by atoms with van der Waals surface area (Å²) in [5.41, 5.74) is 1.19. The van der Waals surface area contributed by atoms with Gasteiger partial charge in [0.1, 0.15) is 11.7 Å². The molecule has 0 saturated carbocycles. The smallest absolute Gasteiger partial charge is 0.272 e. The summed E-state index contributed by atoms with van der Waals surface area (Å²) in [4.78, 5) is 30.9. The first-order chi connectivity index (χ1) is 11.5. The molecule has 1 N–H and O–H groups in total. The molecule has 0 spiro atoms. The van der Waals surface area contributed by atoms with Crippen LogP contribution in [-0.2, 0) is 4.79 Å². The molecule has 126 valence electrons. The van der Waals surface area contributed by atoms with Crippen LogP contribution in [0, 0.1) is 0 Å². The summed E-state index contributed by atoms with van der Waals surface area (Å²) in [7, 11) is 0. The van der Waals surface area contributed by atoms with E-state index < -0.39 is 6.04 Å². The number of anilines is 1. The van der Waals surface area contributed by atoms with Gasteiger partial charge in [-0.2, -0.15) is 0 Å². The highest BCUT2D eigenvalue weighted by Crippen LogP contribution is 2.26. The van der Waals surface area contributed by atoms with Crippen molar-refractivity contribution in [2.45, 2.75) is 45.3 Å². The molecule has 0 radical (unpaired) electrons. The average molecular weight is 326 g/mol. The van der Waals surface area contributed by atoms with Crippen LogP contribution < -0.4 is 10.2 Å². The third kappa shape index (κ3) is 3.04. The summed E-state index contributed by atoms with van der Waals surface area (Å²) < 4.78 is 1.87. The largest absolute Gasteiger partial charge is 0.339 e. The maximum absolute atomic E-state index is 12.7. The van der Waals surface area contributed by atoms with E-state index in [2.05, 4.69) is 10.3 Å². The Morgan fingerprint density at radius 1 is 1.29 bits per heavy atom. The van der Waals surface area contributed by atoms with Gasteiger partial charge >= 0.3 is 0 Å². The lowest BCUT2D eigenvalue weighted by Crippen LogP contribution is -2.42. The number of nitrogens with zero attached hydrogens (tertiary/aromatic N) is 3. The second-order valence-electron chi connectivity index (χ2n) is 6.45. The van der Waals surface area contributed by atoms with Gasteiger partial charge in [0.15, 0.2) is 0 Å². The Hall–Kier alpha value is -2.63. The maximum atomic E-state index is 12.7. The molecule has 0 bridgehead atoms. The van der Waals surface area contributed by atoms with E-state index in [4.69, 9.17) is 0 Å².